The summed E-state index contributed by atoms with van der Waals surface area (Å²) in [5.74, 6) is -0.250. The molecule has 2 heterocycles. The smallest absolute Gasteiger partial charge is 0.390 e. The Morgan fingerprint density at radius 3 is 2.54 bits per heavy atom. The zero-order chi connectivity index (χ0) is 18.9. The molecule has 3 rings (SSSR count). The lowest BCUT2D eigenvalue weighted by Crippen LogP contribution is -2.52. The van der Waals surface area contributed by atoms with E-state index in [0.29, 0.717) is 12.1 Å². The number of nitrogens with zero attached hydrogens (tertiary/aromatic N) is 3. The molecule has 1 aromatic rings. The first kappa shape index (κ1) is 19.1. The fourth-order valence-corrected chi connectivity index (χ4v) is 3.63. The monoisotopic (exact) mass is 371 g/mol. The average Bonchev–Trinajstić information content (AvgIpc) is 2.97. The summed E-state index contributed by atoms with van der Waals surface area (Å²) in [4.78, 5) is 18.5. The summed E-state index contributed by atoms with van der Waals surface area (Å²) in [6.07, 6.45) is -5.13. The van der Waals surface area contributed by atoms with Crippen molar-refractivity contribution in [1.82, 2.24) is 14.7 Å². The molecule has 8 heteroatoms. The van der Waals surface area contributed by atoms with Crippen molar-refractivity contribution in [3.05, 3.63) is 35.4 Å². The van der Waals surface area contributed by atoms with E-state index in [1.807, 2.05) is 7.05 Å². The lowest BCUT2D eigenvalue weighted by molar-refractivity contribution is -0.138. The van der Waals surface area contributed by atoms with Crippen LogP contribution in [0, 0.1) is 0 Å². The molecule has 1 N–H and O–H groups in total. The SMILES string of the molecule is CN1CCN([C@H]2CN(C(=O)Cc3cccc(C(F)(F)F)c3)C[C@@H]2O)CC1. The predicted molar refractivity (Wildman–Crippen MR) is 90.6 cm³/mol. The summed E-state index contributed by atoms with van der Waals surface area (Å²) in [7, 11) is 2.05. The van der Waals surface area contributed by atoms with Gasteiger partial charge in [-0.1, -0.05) is 18.2 Å². The highest BCUT2D eigenvalue weighted by Gasteiger charge is 2.38. The molecule has 26 heavy (non-hydrogen) atoms. The number of hydrogen-bond acceptors (Lipinski definition) is 4. The topological polar surface area (TPSA) is 47.0 Å². The standard InChI is InChI=1S/C18H24F3N3O2/c1-22-5-7-23(8-6-22)15-11-24(12-16(15)25)17(26)10-13-3-2-4-14(9-13)18(19,20)21/h2-4,9,15-16,25H,5-8,10-12H2,1H3/t15-,16-/m0/s1. The van der Waals surface area contributed by atoms with Gasteiger partial charge < -0.3 is 14.9 Å². The zero-order valence-electron chi connectivity index (χ0n) is 14.7. The Hall–Kier alpha value is -1.64. The Balaban J connectivity index is 1.61. The molecule has 0 unspecified atom stereocenters. The molecular weight excluding hydrogens is 347 g/mol. The molecule has 1 aromatic carbocycles. The van der Waals surface area contributed by atoms with Crippen molar-refractivity contribution in [2.75, 3.05) is 46.3 Å². The summed E-state index contributed by atoms with van der Waals surface area (Å²) in [6.45, 7) is 4.17. The number of aliphatic hydroxyl groups is 1. The van der Waals surface area contributed by atoms with Crippen LogP contribution in [0.3, 0.4) is 0 Å². The Morgan fingerprint density at radius 2 is 1.88 bits per heavy atom. The highest BCUT2D eigenvalue weighted by Crippen LogP contribution is 2.29. The normalized spacial score (nSPS) is 25.7. The van der Waals surface area contributed by atoms with Gasteiger partial charge in [-0.2, -0.15) is 13.2 Å². The van der Waals surface area contributed by atoms with Gasteiger partial charge in [0.15, 0.2) is 0 Å². The number of rotatable bonds is 3. The maximum atomic E-state index is 12.8. The molecule has 0 saturated carbocycles. The molecule has 2 saturated heterocycles. The molecular formula is C18H24F3N3O2. The van der Waals surface area contributed by atoms with Crippen LogP contribution in [0.2, 0.25) is 0 Å². The number of halogens is 3. The van der Waals surface area contributed by atoms with Gasteiger partial charge in [0, 0.05) is 39.3 Å². The first-order chi connectivity index (χ1) is 12.2. The fraction of sp³-hybridized carbons (Fsp3) is 0.611. The van der Waals surface area contributed by atoms with Crippen LogP contribution in [0.5, 0.6) is 0 Å². The summed E-state index contributed by atoms with van der Waals surface area (Å²) >= 11 is 0. The van der Waals surface area contributed by atoms with Gasteiger partial charge in [0.1, 0.15) is 0 Å². The first-order valence-corrected chi connectivity index (χ1v) is 8.78. The number of likely N-dealkylation sites (N-methyl/N-ethyl adjacent to an activating group) is 1. The zero-order valence-corrected chi connectivity index (χ0v) is 14.7. The third-order valence-electron chi connectivity index (χ3n) is 5.23. The maximum absolute atomic E-state index is 12.8. The van der Waals surface area contributed by atoms with E-state index in [4.69, 9.17) is 0 Å². The second-order valence-electron chi connectivity index (χ2n) is 7.15. The lowest BCUT2D eigenvalue weighted by Gasteiger charge is -2.37. The van der Waals surface area contributed by atoms with Gasteiger partial charge in [-0.15, -0.1) is 0 Å². The van der Waals surface area contributed by atoms with Gasteiger partial charge in [-0.3, -0.25) is 9.69 Å². The predicted octanol–water partition coefficient (Wildman–Crippen LogP) is 1.07. The average molecular weight is 371 g/mol. The highest BCUT2D eigenvalue weighted by atomic mass is 19.4. The van der Waals surface area contributed by atoms with Crippen LogP contribution in [0.25, 0.3) is 0 Å². The molecule has 0 aromatic heterocycles. The number of β-amino-alcohol motifs (C(OH)–C–C–N with tert-alkyl or cyclic N) is 1. The Bertz CT molecular complexity index is 645. The number of carbonyl (C=O) groups is 1. The number of likely N-dealkylation sites (tertiary alicyclic amines) is 1. The minimum atomic E-state index is -4.42. The number of aliphatic hydroxyl groups excluding tert-OH is 1. The molecule has 1 amide bonds. The Kier molecular flexibility index (Phi) is 5.55. The fourth-order valence-electron chi connectivity index (χ4n) is 3.63. The van der Waals surface area contributed by atoms with Crippen LogP contribution >= 0.6 is 0 Å². The third-order valence-corrected chi connectivity index (χ3v) is 5.23. The van der Waals surface area contributed by atoms with Crippen LogP contribution < -0.4 is 0 Å². The van der Waals surface area contributed by atoms with Crippen LogP contribution in [0.1, 0.15) is 11.1 Å². The number of carbonyl (C=O) groups excluding carboxylic acids is 1. The van der Waals surface area contributed by atoms with Gasteiger partial charge >= 0.3 is 6.18 Å². The quantitative estimate of drug-likeness (QED) is 0.864. The van der Waals surface area contributed by atoms with Gasteiger partial charge in [-0.25, -0.2) is 0 Å². The molecule has 0 spiro atoms. The molecule has 5 nitrogen and oxygen atoms in total. The van der Waals surface area contributed by atoms with Crippen molar-refractivity contribution in [1.29, 1.82) is 0 Å². The van der Waals surface area contributed by atoms with Crippen LogP contribution in [-0.4, -0.2) is 84.2 Å². The van der Waals surface area contributed by atoms with E-state index in [0.717, 1.165) is 38.3 Å². The van der Waals surface area contributed by atoms with Crippen molar-refractivity contribution in [3.63, 3.8) is 0 Å². The van der Waals surface area contributed by atoms with E-state index in [1.54, 1.807) is 4.90 Å². The van der Waals surface area contributed by atoms with Crippen molar-refractivity contribution in [2.45, 2.75) is 24.7 Å². The van der Waals surface area contributed by atoms with E-state index >= 15 is 0 Å². The van der Waals surface area contributed by atoms with Crippen LogP contribution in [0.15, 0.2) is 24.3 Å². The number of alkyl halides is 3. The van der Waals surface area contributed by atoms with Crippen LogP contribution in [0.4, 0.5) is 13.2 Å². The van der Waals surface area contributed by atoms with Gasteiger partial charge in [0.05, 0.1) is 24.1 Å². The Labute approximate surface area is 151 Å². The number of hydrogen-bond donors (Lipinski definition) is 1. The number of benzene rings is 1. The third kappa shape index (κ3) is 4.36. The molecule has 144 valence electrons. The molecule has 2 aliphatic heterocycles. The molecule has 2 fully saturated rings. The molecule has 2 atom stereocenters. The summed E-state index contributed by atoms with van der Waals surface area (Å²) < 4.78 is 38.4. The van der Waals surface area contributed by atoms with E-state index in [2.05, 4.69) is 9.80 Å². The first-order valence-electron chi connectivity index (χ1n) is 8.78. The Morgan fingerprint density at radius 1 is 1.19 bits per heavy atom. The van der Waals surface area contributed by atoms with Crippen molar-refractivity contribution in [3.8, 4) is 0 Å². The van der Waals surface area contributed by atoms with Crippen molar-refractivity contribution < 1.29 is 23.1 Å². The maximum Gasteiger partial charge on any atom is 0.416 e. The molecule has 2 aliphatic rings. The lowest BCUT2D eigenvalue weighted by atomic mass is 10.1. The largest absolute Gasteiger partial charge is 0.416 e. The minimum absolute atomic E-state index is 0.0912. The van der Waals surface area contributed by atoms with E-state index in [9.17, 15) is 23.1 Å². The highest BCUT2D eigenvalue weighted by molar-refractivity contribution is 5.79. The summed E-state index contributed by atoms with van der Waals surface area (Å²) in [5.41, 5.74) is -0.415. The second kappa shape index (κ2) is 7.54. The van der Waals surface area contributed by atoms with Gasteiger partial charge in [0.25, 0.3) is 0 Å². The molecule has 0 radical (unpaired) electrons. The number of piperazine rings is 1. The van der Waals surface area contributed by atoms with E-state index in [1.165, 1.54) is 12.1 Å². The molecule has 0 aliphatic carbocycles. The molecule has 0 bridgehead atoms. The van der Waals surface area contributed by atoms with Crippen LogP contribution in [-0.2, 0) is 17.4 Å². The van der Waals surface area contributed by atoms with Crippen molar-refractivity contribution in [2.24, 2.45) is 0 Å². The van der Waals surface area contributed by atoms with Crippen molar-refractivity contribution >= 4 is 5.91 Å². The van der Waals surface area contributed by atoms with E-state index < -0.39 is 17.8 Å². The summed E-state index contributed by atoms with van der Waals surface area (Å²) in [6, 6.07) is 4.75. The number of amides is 1. The van der Waals surface area contributed by atoms with Gasteiger partial charge in [0.2, 0.25) is 5.91 Å². The second-order valence-corrected chi connectivity index (χ2v) is 7.15. The summed E-state index contributed by atoms with van der Waals surface area (Å²) in [5, 5.41) is 10.3. The van der Waals surface area contributed by atoms with Gasteiger partial charge in [-0.05, 0) is 18.7 Å². The van der Waals surface area contributed by atoms with E-state index in [-0.39, 0.29) is 24.9 Å². The minimum Gasteiger partial charge on any atom is -0.390 e.